The minimum atomic E-state index is 0.851. The zero-order valence-electron chi connectivity index (χ0n) is 8.14. The number of halogens is 1. The molecule has 0 saturated heterocycles. The molecule has 80 valence electrons. The van der Waals surface area contributed by atoms with Crippen LogP contribution in [0.1, 0.15) is 0 Å². The first-order valence-corrected chi connectivity index (χ1v) is 7.77. The average molecular weight is 283 g/mol. The number of hydrogen-bond acceptors (Lipinski definition) is 3. The highest BCUT2D eigenvalue weighted by Gasteiger charge is 2.11. The molecular weight excluding hydrogens is 276 g/mol. The van der Waals surface area contributed by atoms with Crippen LogP contribution in [-0.2, 0) is 0 Å². The lowest BCUT2D eigenvalue weighted by molar-refractivity contribution is 1.86. The lowest BCUT2D eigenvalue weighted by atomic mass is 10.2. The predicted octanol–water partition coefficient (Wildman–Crippen LogP) is 5.86. The van der Waals surface area contributed by atoms with E-state index >= 15 is 0 Å². The Hall–Kier alpha value is -0.610. The largest absolute Gasteiger partial charge is 0.152 e. The van der Waals surface area contributed by atoms with E-state index in [0.717, 1.165) is 5.02 Å². The minimum Gasteiger partial charge on any atom is -0.152 e. The molecule has 0 aliphatic carbocycles. The molecular formula is C12H7ClS3. The van der Waals surface area contributed by atoms with E-state index in [1.54, 1.807) is 34.0 Å². The van der Waals surface area contributed by atoms with Gasteiger partial charge in [0.25, 0.3) is 0 Å². The molecule has 0 aromatic carbocycles. The van der Waals surface area contributed by atoms with Crippen LogP contribution in [0.5, 0.6) is 0 Å². The van der Waals surface area contributed by atoms with Gasteiger partial charge in [0, 0.05) is 16.0 Å². The molecule has 0 saturated carbocycles. The fourth-order valence-corrected chi connectivity index (χ4v) is 4.40. The van der Waals surface area contributed by atoms with Crippen LogP contribution in [0.3, 0.4) is 0 Å². The summed E-state index contributed by atoms with van der Waals surface area (Å²) in [4.78, 5) is 2.41. The minimum absolute atomic E-state index is 0.851. The molecule has 3 rings (SSSR count). The van der Waals surface area contributed by atoms with Crippen molar-refractivity contribution in [3.8, 4) is 20.9 Å². The molecule has 0 atom stereocenters. The summed E-state index contributed by atoms with van der Waals surface area (Å²) >= 11 is 11.4. The summed E-state index contributed by atoms with van der Waals surface area (Å²) in [7, 11) is 0. The molecule has 3 aromatic rings. The summed E-state index contributed by atoms with van der Waals surface area (Å²) in [5.41, 5.74) is 2.49. The van der Waals surface area contributed by atoms with Gasteiger partial charge in [-0.2, -0.15) is 22.7 Å². The SMILES string of the molecule is Clc1cc(-c2ccsc2)sc1-c1ccsc1. The fraction of sp³-hybridized carbons (Fsp3) is 0. The Morgan fingerprint density at radius 1 is 0.938 bits per heavy atom. The number of rotatable bonds is 2. The highest BCUT2D eigenvalue weighted by molar-refractivity contribution is 7.20. The van der Waals surface area contributed by atoms with E-state index in [9.17, 15) is 0 Å². The molecule has 0 nitrogen and oxygen atoms in total. The van der Waals surface area contributed by atoms with Crippen molar-refractivity contribution >= 4 is 45.6 Å². The highest BCUT2D eigenvalue weighted by Crippen LogP contribution is 2.41. The van der Waals surface area contributed by atoms with Gasteiger partial charge in [-0.15, -0.1) is 11.3 Å². The Morgan fingerprint density at radius 3 is 2.25 bits per heavy atom. The topological polar surface area (TPSA) is 0 Å². The predicted molar refractivity (Wildman–Crippen MR) is 76.0 cm³/mol. The van der Waals surface area contributed by atoms with Gasteiger partial charge in [0.15, 0.2) is 0 Å². The summed E-state index contributed by atoms with van der Waals surface area (Å²) in [6.45, 7) is 0. The molecule has 0 spiro atoms. The normalized spacial score (nSPS) is 10.8. The zero-order valence-corrected chi connectivity index (χ0v) is 11.3. The van der Waals surface area contributed by atoms with Crippen molar-refractivity contribution in [2.45, 2.75) is 0 Å². The van der Waals surface area contributed by atoms with Crippen LogP contribution in [0.15, 0.2) is 39.7 Å². The Labute approximate surface area is 111 Å². The maximum atomic E-state index is 6.27. The lowest BCUT2D eigenvalue weighted by Crippen LogP contribution is -1.62. The third kappa shape index (κ3) is 1.84. The van der Waals surface area contributed by atoms with Crippen LogP contribution < -0.4 is 0 Å². The standard InChI is InChI=1S/C12H7ClS3/c13-10-5-11(8-1-3-14-6-8)16-12(10)9-2-4-15-7-9/h1-7H. The molecule has 0 amide bonds. The van der Waals surface area contributed by atoms with Crippen LogP contribution in [0.25, 0.3) is 20.9 Å². The van der Waals surface area contributed by atoms with Crippen molar-refractivity contribution in [1.29, 1.82) is 0 Å². The summed E-state index contributed by atoms with van der Waals surface area (Å²) in [6.07, 6.45) is 0. The van der Waals surface area contributed by atoms with E-state index in [1.807, 2.05) is 0 Å². The summed E-state index contributed by atoms with van der Waals surface area (Å²) in [6, 6.07) is 6.30. The van der Waals surface area contributed by atoms with Gasteiger partial charge < -0.3 is 0 Å². The van der Waals surface area contributed by atoms with Crippen LogP contribution >= 0.6 is 45.6 Å². The van der Waals surface area contributed by atoms with Gasteiger partial charge in [-0.1, -0.05) is 11.6 Å². The van der Waals surface area contributed by atoms with Crippen molar-refractivity contribution in [3.63, 3.8) is 0 Å². The molecule has 16 heavy (non-hydrogen) atoms. The van der Waals surface area contributed by atoms with Gasteiger partial charge in [-0.25, -0.2) is 0 Å². The fourth-order valence-electron chi connectivity index (χ4n) is 1.51. The van der Waals surface area contributed by atoms with Crippen molar-refractivity contribution in [2.24, 2.45) is 0 Å². The molecule has 4 heteroatoms. The average Bonchev–Trinajstić information content (AvgIpc) is 2.97. The number of thiophene rings is 3. The quantitative estimate of drug-likeness (QED) is 0.552. The van der Waals surface area contributed by atoms with Gasteiger partial charge in [-0.05, 0) is 39.7 Å². The van der Waals surface area contributed by atoms with E-state index in [-0.39, 0.29) is 0 Å². The summed E-state index contributed by atoms with van der Waals surface area (Å²) < 4.78 is 0. The molecule has 0 N–H and O–H groups in total. The van der Waals surface area contributed by atoms with Crippen LogP contribution in [0, 0.1) is 0 Å². The van der Waals surface area contributed by atoms with E-state index in [0.29, 0.717) is 0 Å². The first-order chi connectivity index (χ1) is 7.84. The van der Waals surface area contributed by atoms with Gasteiger partial charge in [0.2, 0.25) is 0 Å². The zero-order chi connectivity index (χ0) is 11.0. The second-order valence-electron chi connectivity index (χ2n) is 3.31. The monoisotopic (exact) mass is 282 g/mol. The Kier molecular flexibility index (Phi) is 2.86. The number of hydrogen-bond donors (Lipinski definition) is 0. The molecule has 3 aromatic heterocycles. The molecule has 0 aliphatic rings. The molecule has 3 heterocycles. The Bertz CT molecular complexity index is 576. The first-order valence-electron chi connectivity index (χ1n) is 4.69. The third-order valence-electron chi connectivity index (χ3n) is 2.28. The molecule has 0 aliphatic heterocycles. The third-order valence-corrected chi connectivity index (χ3v) is 5.29. The Morgan fingerprint density at radius 2 is 1.62 bits per heavy atom. The smallest absolute Gasteiger partial charge is 0.0599 e. The molecule has 0 radical (unpaired) electrons. The Balaban J connectivity index is 2.09. The van der Waals surface area contributed by atoms with Gasteiger partial charge in [-0.3, -0.25) is 0 Å². The van der Waals surface area contributed by atoms with Crippen molar-refractivity contribution in [2.75, 3.05) is 0 Å². The van der Waals surface area contributed by atoms with E-state index in [4.69, 9.17) is 11.6 Å². The van der Waals surface area contributed by atoms with Crippen molar-refractivity contribution in [3.05, 3.63) is 44.7 Å². The molecule has 0 unspecified atom stereocenters. The summed E-state index contributed by atoms with van der Waals surface area (Å²) in [5, 5.41) is 9.31. The van der Waals surface area contributed by atoms with Gasteiger partial charge >= 0.3 is 0 Å². The van der Waals surface area contributed by atoms with Crippen LogP contribution in [-0.4, -0.2) is 0 Å². The van der Waals surface area contributed by atoms with Gasteiger partial charge in [0.1, 0.15) is 0 Å². The van der Waals surface area contributed by atoms with E-state index in [1.165, 1.54) is 20.9 Å². The van der Waals surface area contributed by atoms with Crippen LogP contribution in [0.2, 0.25) is 5.02 Å². The maximum absolute atomic E-state index is 6.27. The maximum Gasteiger partial charge on any atom is 0.0599 e. The van der Waals surface area contributed by atoms with Crippen molar-refractivity contribution < 1.29 is 0 Å². The first kappa shape index (κ1) is 10.5. The van der Waals surface area contributed by atoms with Gasteiger partial charge in [0.05, 0.1) is 9.90 Å². The van der Waals surface area contributed by atoms with Crippen LogP contribution in [0.4, 0.5) is 0 Å². The lowest BCUT2D eigenvalue weighted by Gasteiger charge is -1.91. The highest BCUT2D eigenvalue weighted by atomic mass is 35.5. The second-order valence-corrected chi connectivity index (χ2v) is 6.33. The molecule has 0 fully saturated rings. The second kappa shape index (κ2) is 4.34. The van der Waals surface area contributed by atoms with E-state index in [2.05, 4.69) is 39.7 Å². The molecule has 0 bridgehead atoms. The van der Waals surface area contributed by atoms with Crippen molar-refractivity contribution in [1.82, 2.24) is 0 Å². The summed E-state index contributed by atoms with van der Waals surface area (Å²) in [5.74, 6) is 0. The van der Waals surface area contributed by atoms with E-state index < -0.39 is 0 Å².